The van der Waals surface area contributed by atoms with Gasteiger partial charge in [0.1, 0.15) is 18.5 Å². The summed E-state index contributed by atoms with van der Waals surface area (Å²) in [5.41, 5.74) is 9.81. The highest BCUT2D eigenvalue weighted by Crippen LogP contribution is 2.32. The van der Waals surface area contributed by atoms with Crippen molar-refractivity contribution >= 4 is 27.5 Å². The van der Waals surface area contributed by atoms with Crippen molar-refractivity contribution in [3.63, 3.8) is 0 Å². The molecule has 0 fully saturated rings. The molecule has 0 amide bonds. The van der Waals surface area contributed by atoms with Crippen molar-refractivity contribution < 1.29 is 9.84 Å². The molecular formula is C23H25N3O2. The fourth-order valence-corrected chi connectivity index (χ4v) is 3.42. The number of benzene rings is 3. The number of aromatic amines is 1. The highest BCUT2D eigenvalue weighted by Gasteiger charge is 2.11. The van der Waals surface area contributed by atoms with Crippen LogP contribution in [-0.4, -0.2) is 35.9 Å². The topological polar surface area (TPSA) is 83.3 Å². The van der Waals surface area contributed by atoms with Crippen LogP contribution in [-0.2, 0) is 6.42 Å². The molecule has 0 saturated carbocycles. The number of rotatable bonds is 8. The summed E-state index contributed by atoms with van der Waals surface area (Å²) in [6.07, 6.45) is 0.314. The van der Waals surface area contributed by atoms with Gasteiger partial charge < -0.3 is 25.9 Å². The molecule has 4 aromatic rings. The molecule has 0 radical (unpaired) electrons. The van der Waals surface area contributed by atoms with Crippen LogP contribution in [0.25, 0.3) is 21.8 Å². The van der Waals surface area contributed by atoms with Crippen molar-refractivity contribution in [1.82, 2.24) is 10.3 Å². The minimum Gasteiger partial charge on any atom is -0.490 e. The Bertz CT molecular complexity index is 1060. The first-order valence-electron chi connectivity index (χ1n) is 9.56. The number of nitrogens with one attached hydrogen (secondary N) is 2. The number of nitrogen functional groups attached to an aromatic ring is 1. The van der Waals surface area contributed by atoms with Gasteiger partial charge in [-0.3, -0.25) is 0 Å². The van der Waals surface area contributed by atoms with Gasteiger partial charge in [-0.1, -0.05) is 36.4 Å². The van der Waals surface area contributed by atoms with Crippen LogP contribution in [0.15, 0.2) is 66.7 Å². The molecule has 0 aliphatic heterocycles. The summed E-state index contributed by atoms with van der Waals surface area (Å²) in [6, 6.07) is 22.0. The second-order valence-electron chi connectivity index (χ2n) is 7.01. The first-order chi connectivity index (χ1) is 13.7. The standard InChI is InChI=1S/C23H25N3O2/c24-17-10-8-16(9-11-17)12-13-25-14-18(27)15-28-22-7-3-6-21-23(22)19-4-1-2-5-20(19)26-21/h1-11,18,25-27H,12-15,24H2/t18-/m0/s1. The van der Waals surface area contributed by atoms with Gasteiger partial charge in [0, 0.05) is 28.5 Å². The van der Waals surface area contributed by atoms with E-state index in [-0.39, 0.29) is 6.61 Å². The third kappa shape index (κ3) is 4.11. The Morgan fingerprint density at radius 2 is 1.75 bits per heavy atom. The van der Waals surface area contributed by atoms with E-state index >= 15 is 0 Å². The number of aromatic nitrogens is 1. The zero-order valence-electron chi connectivity index (χ0n) is 15.7. The Morgan fingerprint density at radius 1 is 0.964 bits per heavy atom. The monoisotopic (exact) mass is 375 g/mol. The lowest BCUT2D eigenvalue weighted by Crippen LogP contribution is -2.32. The summed E-state index contributed by atoms with van der Waals surface area (Å²) in [7, 11) is 0. The van der Waals surface area contributed by atoms with E-state index < -0.39 is 6.10 Å². The molecule has 1 atom stereocenters. The van der Waals surface area contributed by atoms with Crippen LogP contribution in [0.1, 0.15) is 5.56 Å². The van der Waals surface area contributed by atoms with Gasteiger partial charge >= 0.3 is 0 Å². The molecule has 3 aromatic carbocycles. The normalized spacial score (nSPS) is 12.5. The second-order valence-corrected chi connectivity index (χ2v) is 7.01. The van der Waals surface area contributed by atoms with Crippen molar-refractivity contribution in [3.8, 4) is 5.75 Å². The van der Waals surface area contributed by atoms with E-state index in [4.69, 9.17) is 10.5 Å². The second kappa shape index (κ2) is 8.33. The highest BCUT2D eigenvalue weighted by molar-refractivity contribution is 6.10. The number of H-pyrrole nitrogens is 1. The van der Waals surface area contributed by atoms with Gasteiger partial charge in [0.15, 0.2) is 0 Å². The van der Waals surface area contributed by atoms with Crippen molar-refractivity contribution in [2.45, 2.75) is 12.5 Å². The molecule has 0 saturated heterocycles. The number of ether oxygens (including phenoxy) is 1. The zero-order valence-corrected chi connectivity index (χ0v) is 15.7. The molecule has 0 unspecified atom stereocenters. The molecule has 5 heteroatoms. The molecule has 5 nitrogen and oxygen atoms in total. The zero-order chi connectivity index (χ0) is 19.3. The summed E-state index contributed by atoms with van der Waals surface area (Å²) in [6.45, 7) is 1.52. The maximum atomic E-state index is 10.3. The first-order valence-corrected chi connectivity index (χ1v) is 9.56. The predicted molar refractivity (Wildman–Crippen MR) is 115 cm³/mol. The molecule has 1 aromatic heterocycles. The van der Waals surface area contributed by atoms with Crippen molar-refractivity contribution in [3.05, 3.63) is 72.3 Å². The molecule has 5 N–H and O–H groups in total. The molecule has 28 heavy (non-hydrogen) atoms. The van der Waals surface area contributed by atoms with Gasteiger partial charge in [-0.2, -0.15) is 0 Å². The number of aliphatic hydroxyl groups is 1. The Balaban J connectivity index is 1.31. The number of aliphatic hydroxyl groups excluding tert-OH is 1. The molecule has 4 rings (SSSR count). The van der Waals surface area contributed by atoms with E-state index in [9.17, 15) is 5.11 Å². The van der Waals surface area contributed by atoms with Crippen LogP contribution in [0.4, 0.5) is 5.69 Å². The number of fused-ring (bicyclic) bond motifs is 3. The van der Waals surface area contributed by atoms with Gasteiger partial charge in [0.2, 0.25) is 0 Å². The average molecular weight is 375 g/mol. The summed E-state index contributed by atoms with van der Waals surface area (Å²) in [4.78, 5) is 3.40. The lowest BCUT2D eigenvalue weighted by Gasteiger charge is -2.14. The summed E-state index contributed by atoms with van der Waals surface area (Å²) in [5, 5.41) is 15.7. The van der Waals surface area contributed by atoms with Crippen LogP contribution in [0.3, 0.4) is 0 Å². The van der Waals surface area contributed by atoms with Crippen LogP contribution < -0.4 is 15.8 Å². The molecular weight excluding hydrogens is 350 g/mol. The first kappa shape index (κ1) is 18.3. The molecule has 0 aliphatic carbocycles. The van der Waals surface area contributed by atoms with E-state index in [0.717, 1.165) is 46.2 Å². The Kier molecular flexibility index (Phi) is 5.46. The van der Waals surface area contributed by atoms with Crippen LogP contribution in [0, 0.1) is 0 Å². The lowest BCUT2D eigenvalue weighted by molar-refractivity contribution is 0.107. The average Bonchev–Trinajstić information content (AvgIpc) is 3.10. The highest BCUT2D eigenvalue weighted by atomic mass is 16.5. The smallest absolute Gasteiger partial charge is 0.129 e. The van der Waals surface area contributed by atoms with Crippen LogP contribution in [0.2, 0.25) is 0 Å². The maximum absolute atomic E-state index is 10.3. The van der Waals surface area contributed by atoms with Crippen molar-refractivity contribution in [2.75, 3.05) is 25.4 Å². The lowest BCUT2D eigenvalue weighted by atomic mass is 10.1. The minimum atomic E-state index is -0.577. The maximum Gasteiger partial charge on any atom is 0.129 e. The largest absolute Gasteiger partial charge is 0.490 e. The number of anilines is 1. The molecule has 0 aliphatic rings. The van der Waals surface area contributed by atoms with Crippen LogP contribution >= 0.6 is 0 Å². The van der Waals surface area contributed by atoms with Gasteiger partial charge in [0.25, 0.3) is 0 Å². The summed E-state index contributed by atoms with van der Waals surface area (Å²) >= 11 is 0. The Hall–Kier alpha value is -3.02. The van der Waals surface area contributed by atoms with Gasteiger partial charge in [-0.05, 0) is 48.9 Å². The fourth-order valence-electron chi connectivity index (χ4n) is 3.42. The van der Waals surface area contributed by atoms with Gasteiger partial charge in [0.05, 0.1) is 5.52 Å². The van der Waals surface area contributed by atoms with Gasteiger partial charge in [-0.25, -0.2) is 0 Å². The Labute approximate surface area is 164 Å². The van der Waals surface area contributed by atoms with E-state index in [2.05, 4.69) is 22.4 Å². The van der Waals surface area contributed by atoms with Crippen molar-refractivity contribution in [1.29, 1.82) is 0 Å². The molecule has 1 heterocycles. The van der Waals surface area contributed by atoms with Crippen molar-refractivity contribution in [2.24, 2.45) is 0 Å². The number of para-hydroxylation sites is 1. The van der Waals surface area contributed by atoms with Crippen LogP contribution in [0.5, 0.6) is 5.75 Å². The van der Waals surface area contributed by atoms with E-state index in [0.29, 0.717) is 6.54 Å². The van der Waals surface area contributed by atoms with E-state index in [1.807, 2.05) is 54.6 Å². The van der Waals surface area contributed by atoms with E-state index in [1.165, 1.54) is 5.56 Å². The van der Waals surface area contributed by atoms with Gasteiger partial charge in [-0.15, -0.1) is 0 Å². The fraction of sp³-hybridized carbons (Fsp3) is 0.217. The molecule has 0 spiro atoms. The third-order valence-corrected chi connectivity index (χ3v) is 4.87. The Morgan fingerprint density at radius 3 is 2.61 bits per heavy atom. The van der Waals surface area contributed by atoms with E-state index in [1.54, 1.807) is 0 Å². The summed E-state index contributed by atoms with van der Waals surface area (Å²) in [5.74, 6) is 0.788. The summed E-state index contributed by atoms with van der Waals surface area (Å²) < 4.78 is 5.95. The quantitative estimate of drug-likeness (QED) is 0.281. The minimum absolute atomic E-state index is 0.244. The number of nitrogens with two attached hydrogens (primary N) is 1. The predicted octanol–water partition coefficient (Wildman–Crippen LogP) is 3.48. The number of hydrogen-bond acceptors (Lipinski definition) is 4. The molecule has 0 bridgehead atoms. The SMILES string of the molecule is Nc1ccc(CCNC[C@H](O)COc2cccc3[nH]c4ccccc4c23)cc1. The third-order valence-electron chi connectivity index (χ3n) is 4.87. The number of hydrogen-bond donors (Lipinski definition) is 4. The molecule has 144 valence electrons.